The molecule has 2 rings (SSSR count). The number of carboxylic acids is 1. The molecule has 1 aromatic rings. The molecule has 0 aromatic carbocycles. The van der Waals surface area contributed by atoms with E-state index in [0.717, 1.165) is 0 Å². The SMILES string of the molecule is Cc1ncc(COP(=O)(O)O)c([C@@H]2N[C@H](C(=O)O)CS2)c1O. The van der Waals surface area contributed by atoms with Crippen LogP contribution in [0.3, 0.4) is 0 Å². The molecule has 5 N–H and O–H groups in total. The van der Waals surface area contributed by atoms with Crippen LogP contribution in [0.5, 0.6) is 5.75 Å². The predicted molar refractivity (Wildman–Crippen MR) is 77.2 cm³/mol. The van der Waals surface area contributed by atoms with Crippen LogP contribution in [0.1, 0.15) is 22.2 Å². The molecular formula is C11H15N2O7PS. The predicted octanol–water partition coefficient (Wildman–Crippen LogP) is 0.493. The average Bonchev–Trinajstić information content (AvgIpc) is 2.88. The number of nitrogens with zero attached hydrogens (tertiary/aromatic N) is 1. The fourth-order valence-electron chi connectivity index (χ4n) is 1.99. The van der Waals surface area contributed by atoms with Gasteiger partial charge in [-0.3, -0.25) is 19.6 Å². The lowest BCUT2D eigenvalue weighted by Gasteiger charge is -2.18. The number of thioether (sulfide) groups is 1. The van der Waals surface area contributed by atoms with Gasteiger partial charge in [0.2, 0.25) is 0 Å². The highest BCUT2D eigenvalue weighted by Crippen LogP contribution is 2.42. The highest BCUT2D eigenvalue weighted by atomic mass is 32.2. The van der Waals surface area contributed by atoms with Gasteiger partial charge in [-0.1, -0.05) is 0 Å². The molecule has 122 valence electrons. The number of pyridine rings is 1. The number of aromatic nitrogens is 1. The standard InChI is InChI=1S/C11H15N2O7PS/c1-5-9(14)8(10-13-7(4-22-10)11(15)16)6(2-12-5)3-20-21(17,18)19/h2,7,10,13-14H,3-4H2,1H3,(H,15,16)(H2,17,18,19)/t7-,10+/m0/s1. The van der Waals surface area contributed by atoms with Gasteiger partial charge in [-0.05, 0) is 6.92 Å². The molecule has 2 atom stereocenters. The van der Waals surface area contributed by atoms with Crippen LogP contribution in [0, 0.1) is 6.92 Å². The molecule has 0 aliphatic carbocycles. The Kier molecular flexibility index (Phi) is 5.10. The number of carbonyl (C=O) groups is 1. The zero-order valence-corrected chi connectivity index (χ0v) is 13.2. The molecule has 1 aliphatic heterocycles. The Bertz CT molecular complexity index is 635. The summed E-state index contributed by atoms with van der Waals surface area (Å²) in [6, 6.07) is -0.765. The van der Waals surface area contributed by atoms with Crippen LogP contribution in [0.4, 0.5) is 0 Å². The van der Waals surface area contributed by atoms with E-state index in [1.165, 1.54) is 18.0 Å². The largest absolute Gasteiger partial charge is 0.506 e. The third-order valence-electron chi connectivity index (χ3n) is 3.09. The fraction of sp³-hybridized carbons (Fsp3) is 0.455. The number of aryl methyl sites for hydroxylation is 1. The van der Waals surface area contributed by atoms with Crippen LogP contribution < -0.4 is 5.32 Å². The van der Waals surface area contributed by atoms with E-state index in [1.807, 2.05) is 0 Å². The van der Waals surface area contributed by atoms with E-state index < -0.39 is 31.8 Å². The van der Waals surface area contributed by atoms with Crippen molar-refractivity contribution in [3.63, 3.8) is 0 Å². The maximum Gasteiger partial charge on any atom is 0.469 e. The van der Waals surface area contributed by atoms with Crippen molar-refractivity contribution in [1.82, 2.24) is 10.3 Å². The van der Waals surface area contributed by atoms with Crippen molar-refractivity contribution >= 4 is 25.6 Å². The highest BCUT2D eigenvalue weighted by molar-refractivity contribution is 7.99. The van der Waals surface area contributed by atoms with Crippen molar-refractivity contribution < 1.29 is 33.9 Å². The summed E-state index contributed by atoms with van der Waals surface area (Å²) in [5.41, 5.74) is 0.938. The Morgan fingerprint density at radius 3 is 2.82 bits per heavy atom. The molecule has 0 saturated carbocycles. The number of carboxylic acid groups (broad SMARTS) is 1. The normalized spacial score (nSPS) is 22.0. The lowest BCUT2D eigenvalue weighted by Crippen LogP contribution is -2.34. The van der Waals surface area contributed by atoms with Gasteiger partial charge in [-0.2, -0.15) is 0 Å². The van der Waals surface area contributed by atoms with E-state index in [1.54, 1.807) is 6.92 Å². The van der Waals surface area contributed by atoms with Crippen molar-refractivity contribution in [2.75, 3.05) is 5.75 Å². The number of rotatable bonds is 5. The second-order valence-electron chi connectivity index (χ2n) is 4.67. The Hall–Kier alpha value is -1.16. The summed E-state index contributed by atoms with van der Waals surface area (Å²) in [6.45, 7) is 1.12. The van der Waals surface area contributed by atoms with Crippen molar-refractivity contribution in [3.05, 3.63) is 23.0 Å². The Morgan fingerprint density at radius 2 is 2.27 bits per heavy atom. The van der Waals surface area contributed by atoms with E-state index >= 15 is 0 Å². The first-order valence-electron chi connectivity index (χ1n) is 6.17. The van der Waals surface area contributed by atoms with Crippen LogP contribution in [0.2, 0.25) is 0 Å². The molecule has 22 heavy (non-hydrogen) atoms. The van der Waals surface area contributed by atoms with Gasteiger partial charge >= 0.3 is 13.8 Å². The van der Waals surface area contributed by atoms with Gasteiger partial charge in [-0.25, -0.2) is 4.57 Å². The highest BCUT2D eigenvalue weighted by Gasteiger charge is 2.34. The summed E-state index contributed by atoms with van der Waals surface area (Å²) in [5.74, 6) is -0.851. The zero-order chi connectivity index (χ0) is 16.5. The molecule has 9 nitrogen and oxygen atoms in total. The number of phosphoric acid groups is 1. The van der Waals surface area contributed by atoms with Gasteiger partial charge in [0.15, 0.2) is 0 Å². The maximum absolute atomic E-state index is 11.0. The molecule has 0 spiro atoms. The van der Waals surface area contributed by atoms with Crippen LogP contribution in [0.15, 0.2) is 6.20 Å². The monoisotopic (exact) mass is 350 g/mol. The zero-order valence-electron chi connectivity index (χ0n) is 11.5. The van der Waals surface area contributed by atoms with Gasteiger partial charge in [0.25, 0.3) is 0 Å². The van der Waals surface area contributed by atoms with Gasteiger partial charge < -0.3 is 20.0 Å². The van der Waals surface area contributed by atoms with E-state index in [-0.39, 0.29) is 11.3 Å². The van der Waals surface area contributed by atoms with Crippen LogP contribution in [-0.2, 0) is 20.5 Å². The smallest absolute Gasteiger partial charge is 0.469 e. The van der Waals surface area contributed by atoms with Crippen molar-refractivity contribution in [1.29, 1.82) is 0 Å². The summed E-state index contributed by atoms with van der Waals surface area (Å²) < 4.78 is 15.3. The number of nitrogens with one attached hydrogen (secondary N) is 1. The maximum atomic E-state index is 11.0. The number of phosphoric ester groups is 1. The lowest BCUT2D eigenvalue weighted by molar-refractivity contribution is -0.138. The first kappa shape index (κ1) is 17.2. The summed E-state index contributed by atoms with van der Waals surface area (Å²) in [4.78, 5) is 32.5. The first-order valence-corrected chi connectivity index (χ1v) is 8.75. The molecule has 1 fully saturated rings. The molecule has 0 bridgehead atoms. The molecule has 1 aromatic heterocycles. The third kappa shape index (κ3) is 3.97. The van der Waals surface area contributed by atoms with E-state index in [9.17, 15) is 14.5 Å². The molecule has 11 heteroatoms. The van der Waals surface area contributed by atoms with Crippen molar-refractivity contribution in [3.8, 4) is 5.75 Å². The second kappa shape index (κ2) is 6.53. The van der Waals surface area contributed by atoms with Crippen LogP contribution in [0.25, 0.3) is 0 Å². The van der Waals surface area contributed by atoms with Gasteiger partial charge in [0, 0.05) is 23.1 Å². The van der Waals surface area contributed by atoms with E-state index in [4.69, 9.17) is 14.9 Å². The van der Waals surface area contributed by atoms with Crippen LogP contribution >= 0.6 is 19.6 Å². The van der Waals surface area contributed by atoms with Crippen molar-refractivity contribution in [2.45, 2.75) is 24.9 Å². The molecule has 1 saturated heterocycles. The third-order valence-corrected chi connectivity index (χ3v) is 4.78. The Balaban J connectivity index is 2.30. The van der Waals surface area contributed by atoms with Gasteiger partial charge in [0.1, 0.15) is 11.8 Å². The van der Waals surface area contributed by atoms with Crippen molar-refractivity contribution in [2.24, 2.45) is 0 Å². The minimum Gasteiger partial charge on any atom is -0.506 e. The minimum absolute atomic E-state index is 0.150. The fourth-order valence-corrected chi connectivity index (χ4v) is 3.62. The quantitative estimate of drug-likeness (QED) is 0.475. The van der Waals surface area contributed by atoms with Gasteiger partial charge in [0.05, 0.1) is 17.7 Å². The first-order chi connectivity index (χ1) is 10.2. The summed E-state index contributed by atoms with van der Waals surface area (Å²) in [6.07, 6.45) is 1.34. The lowest BCUT2D eigenvalue weighted by atomic mass is 10.1. The molecule has 0 unspecified atom stereocenters. The molecular weight excluding hydrogens is 335 g/mol. The summed E-state index contributed by atoms with van der Waals surface area (Å²) >= 11 is 1.27. The Morgan fingerprint density at radius 1 is 1.59 bits per heavy atom. The number of aliphatic carboxylic acids is 1. The number of hydrogen-bond acceptors (Lipinski definition) is 7. The molecule has 0 amide bonds. The second-order valence-corrected chi connectivity index (χ2v) is 7.04. The van der Waals surface area contributed by atoms with E-state index in [2.05, 4.69) is 14.8 Å². The van der Waals surface area contributed by atoms with Crippen LogP contribution in [-0.4, -0.2) is 42.7 Å². The average molecular weight is 350 g/mol. The number of aromatic hydroxyl groups is 1. The molecule has 1 aliphatic rings. The Labute approximate surface area is 130 Å². The minimum atomic E-state index is -4.67. The van der Waals surface area contributed by atoms with Gasteiger partial charge in [-0.15, -0.1) is 11.8 Å². The molecule has 0 radical (unpaired) electrons. The molecule has 2 heterocycles. The van der Waals surface area contributed by atoms with E-state index in [0.29, 0.717) is 17.0 Å². The summed E-state index contributed by atoms with van der Waals surface area (Å²) in [7, 11) is -4.67. The topological polar surface area (TPSA) is 149 Å². The number of hydrogen-bond donors (Lipinski definition) is 5. The summed E-state index contributed by atoms with van der Waals surface area (Å²) in [5, 5.41) is 21.5.